The summed E-state index contributed by atoms with van der Waals surface area (Å²) < 4.78 is 5.98. The molecule has 1 amide bonds. The van der Waals surface area contributed by atoms with Crippen LogP contribution < -0.4 is 10.1 Å². The van der Waals surface area contributed by atoms with E-state index >= 15 is 0 Å². The van der Waals surface area contributed by atoms with Crippen LogP contribution in [0.3, 0.4) is 0 Å². The maximum absolute atomic E-state index is 11.1. The molecule has 0 aliphatic carbocycles. The molecule has 13 heavy (non-hydrogen) atoms. The number of amides is 1. The van der Waals surface area contributed by atoms with Crippen molar-refractivity contribution in [3.63, 3.8) is 0 Å². The van der Waals surface area contributed by atoms with E-state index in [9.17, 15) is 4.79 Å². The van der Waals surface area contributed by atoms with E-state index in [2.05, 4.69) is 38.9 Å². The first-order valence-corrected chi connectivity index (χ1v) is 4.79. The van der Waals surface area contributed by atoms with Crippen molar-refractivity contribution >= 4 is 40.3 Å². The minimum absolute atomic E-state index is 0.300. The second-order valence-corrected chi connectivity index (χ2v) is 3.84. The summed E-state index contributed by atoms with van der Waals surface area (Å²) in [6, 6.07) is 1.73. The Morgan fingerprint density at radius 2 is 2.46 bits per heavy atom. The quantitative estimate of drug-likeness (QED) is 0.694. The Bertz CT molecular complexity index is 372. The maximum atomic E-state index is 11.1. The highest BCUT2D eigenvalue weighted by atomic mass is 79.9. The minimum atomic E-state index is -0.761. The van der Waals surface area contributed by atoms with E-state index in [1.165, 1.54) is 0 Å². The summed E-state index contributed by atoms with van der Waals surface area (Å²) in [5.41, 5.74) is -0.761. The van der Waals surface area contributed by atoms with Gasteiger partial charge in [-0.25, -0.2) is 4.98 Å². The van der Waals surface area contributed by atoms with Gasteiger partial charge in [-0.3, -0.25) is 4.79 Å². The van der Waals surface area contributed by atoms with E-state index in [-0.39, 0.29) is 5.91 Å². The van der Waals surface area contributed by atoms with Crippen LogP contribution in [0.2, 0.25) is 0 Å². The molecule has 4 nitrogen and oxygen atoms in total. The van der Waals surface area contributed by atoms with Crippen molar-refractivity contribution in [1.82, 2.24) is 4.98 Å². The molecule has 0 saturated carbocycles. The van der Waals surface area contributed by atoms with Gasteiger partial charge in [0.05, 0.1) is 0 Å². The summed E-state index contributed by atoms with van der Waals surface area (Å²) in [5.74, 6) is 0.651. The normalized spacial score (nSPS) is 20.2. The topological polar surface area (TPSA) is 51.2 Å². The minimum Gasteiger partial charge on any atom is -0.466 e. The van der Waals surface area contributed by atoms with E-state index in [4.69, 9.17) is 4.74 Å². The van der Waals surface area contributed by atoms with E-state index in [0.717, 1.165) is 4.47 Å². The molecule has 1 unspecified atom stereocenters. The molecule has 1 aliphatic heterocycles. The first-order valence-electron chi connectivity index (χ1n) is 3.48. The predicted molar refractivity (Wildman–Crippen MR) is 54.0 cm³/mol. The smallest absolute Gasteiger partial charge is 0.277 e. The van der Waals surface area contributed by atoms with E-state index in [1.54, 1.807) is 12.3 Å². The molecule has 68 valence electrons. The van der Waals surface area contributed by atoms with Crippen LogP contribution in [0.4, 0.5) is 5.82 Å². The molecule has 0 radical (unpaired) electrons. The number of halogens is 1. The summed E-state index contributed by atoms with van der Waals surface area (Å²) in [5, 5.41) is 2.56. The van der Waals surface area contributed by atoms with Crippen molar-refractivity contribution in [3.05, 3.63) is 16.7 Å². The number of carbonyl (C=O) groups excluding carboxylic acids is 1. The predicted octanol–water partition coefficient (Wildman–Crippen LogP) is 1.43. The molecule has 0 bridgehead atoms. The third-order valence-corrected chi connectivity index (χ3v) is 2.30. The fraction of sp³-hybridized carbons (Fsp3) is 0.143. The Balaban J connectivity index is 2.42. The monoisotopic (exact) mass is 260 g/mol. The molecule has 1 aromatic heterocycles. The average Bonchev–Trinajstić information content (AvgIpc) is 2.08. The van der Waals surface area contributed by atoms with E-state index in [1.807, 2.05) is 0 Å². The van der Waals surface area contributed by atoms with Gasteiger partial charge in [-0.1, -0.05) is 0 Å². The lowest BCUT2D eigenvalue weighted by atomic mass is 10.4. The summed E-state index contributed by atoms with van der Waals surface area (Å²) in [7, 11) is 0. The van der Waals surface area contributed by atoms with Gasteiger partial charge in [0.2, 0.25) is 5.44 Å². The first-order chi connectivity index (χ1) is 6.16. The van der Waals surface area contributed by atoms with Crippen molar-refractivity contribution in [3.8, 4) is 5.75 Å². The highest BCUT2D eigenvalue weighted by molar-refractivity contribution is 9.10. The van der Waals surface area contributed by atoms with Gasteiger partial charge < -0.3 is 10.1 Å². The highest BCUT2D eigenvalue weighted by Crippen LogP contribution is 2.30. The lowest BCUT2D eigenvalue weighted by Gasteiger charge is -2.21. The maximum Gasteiger partial charge on any atom is 0.277 e. The van der Waals surface area contributed by atoms with Crippen LogP contribution >= 0.6 is 28.6 Å². The van der Waals surface area contributed by atoms with Gasteiger partial charge in [-0.15, -0.1) is 12.6 Å². The average molecular weight is 261 g/mol. The van der Waals surface area contributed by atoms with Crippen LogP contribution in [0, 0.1) is 0 Å². The van der Waals surface area contributed by atoms with Gasteiger partial charge in [-0.05, 0) is 22.0 Å². The summed E-state index contributed by atoms with van der Waals surface area (Å²) in [4.78, 5) is 15.0. The lowest BCUT2D eigenvalue weighted by molar-refractivity contribution is -0.120. The number of anilines is 1. The van der Waals surface area contributed by atoms with Crippen LogP contribution in [0.5, 0.6) is 5.75 Å². The molecule has 0 fully saturated rings. The van der Waals surface area contributed by atoms with Gasteiger partial charge in [0.1, 0.15) is 0 Å². The fourth-order valence-corrected chi connectivity index (χ4v) is 1.45. The third kappa shape index (κ3) is 1.64. The largest absolute Gasteiger partial charge is 0.466 e. The Hall–Kier alpha value is -0.750. The molecule has 0 spiro atoms. The second kappa shape index (κ2) is 3.19. The Labute approximate surface area is 88.2 Å². The second-order valence-electron chi connectivity index (χ2n) is 2.46. The van der Waals surface area contributed by atoms with E-state index < -0.39 is 5.44 Å². The van der Waals surface area contributed by atoms with Gasteiger partial charge in [0.25, 0.3) is 5.91 Å². The van der Waals surface area contributed by atoms with Crippen molar-refractivity contribution < 1.29 is 9.53 Å². The van der Waals surface area contributed by atoms with E-state index in [0.29, 0.717) is 11.6 Å². The standard InChI is InChI=1S/C7H5BrN2O2S/c8-3-1-4-5(9-2-3)10-6(11)7(13)12-4/h1-2,7,13H,(H,9,10,11). The zero-order valence-corrected chi connectivity index (χ0v) is 8.80. The van der Waals surface area contributed by atoms with Gasteiger partial charge in [0, 0.05) is 10.7 Å². The van der Waals surface area contributed by atoms with Gasteiger partial charge in [-0.2, -0.15) is 0 Å². The molecule has 6 heteroatoms. The third-order valence-electron chi connectivity index (χ3n) is 1.52. The van der Waals surface area contributed by atoms with Gasteiger partial charge >= 0.3 is 0 Å². The van der Waals surface area contributed by atoms with Crippen LogP contribution in [0.25, 0.3) is 0 Å². The number of pyridine rings is 1. The summed E-state index contributed by atoms with van der Waals surface area (Å²) in [6.45, 7) is 0. The molecule has 0 aromatic carbocycles. The number of ether oxygens (including phenoxy) is 1. The van der Waals surface area contributed by atoms with Crippen LogP contribution in [-0.2, 0) is 4.79 Å². The molecular weight excluding hydrogens is 256 g/mol. The Kier molecular flexibility index (Phi) is 2.17. The number of hydrogen-bond donors (Lipinski definition) is 2. The van der Waals surface area contributed by atoms with Crippen LogP contribution in [0.15, 0.2) is 16.7 Å². The SMILES string of the molecule is O=C1Nc2ncc(Br)cc2OC1S. The number of rotatable bonds is 0. The number of hydrogen-bond acceptors (Lipinski definition) is 4. The van der Waals surface area contributed by atoms with Gasteiger partial charge in [0.15, 0.2) is 11.6 Å². The van der Waals surface area contributed by atoms with Crippen molar-refractivity contribution in [1.29, 1.82) is 0 Å². The number of carbonyl (C=O) groups is 1. The summed E-state index contributed by atoms with van der Waals surface area (Å²) in [6.07, 6.45) is 1.58. The first kappa shape index (κ1) is 8.83. The highest BCUT2D eigenvalue weighted by Gasteiger charge is 2.25. The van der Waals surface area contributed by atoms with Crippen LogP contribution in [0.1, 0.15) is 0 Å². The molecule has 1 aromatic rings. The summed E-state index contributed by atoms with van der Waals surface area (Å²) >= 11 is 7.18. The molecule has 1 aliphatic rings. The number of nitrogens with one attached hydrogen (secondary N) is 1. The zero-order chi connectivity index (χ0) is 9.42. The lowest BCUT2D eigenvalue weighted by Crippen LogP contribution is -2.33. The molecular formula is C7H5BrN2O2S. The number of thiol groups is 1. The molecule has 0 saturated heterocycles. The number of nitrogens with zero attached hydrogens (tertiary/aromatic N) is 1. The number of fused-ring (bicyclic) bond motifs is 1. The zero-order valence-electron chi connectivity index (χ0n) is 6.32. The molecule has 1 N–H and O–H groups in total. The fourth-order valence-electron chi connectivity index (χ4n) is 0.957. The van der Waals surface area contributed by atoms with Crippen molar-refractivity contribution in [2.24, 2.45) is 0 Å². The Morgan fingerprint density at radius 3 is 3.23 bits per heavy atom. The van der Waals surface area contributed by atoms with Crippen LogP contribution in [-0.4, -0.2) is 16.3 Å². The Morgan fingerprint density at radius 1 is 1.69 bits per heavy atom. The van der Waals surface area contributed by atoms with Crippen molar-refractivity contribution in [2.45, 2.75) is 5.44 Å². The number of aromatic nitrogens is 1. The molecule has 1 atom stereocenters. The molecule has 2 rings (SSSR count). The molecule has 2 heterocycles. The van der Waals surface area contributed by atoms with Crippen molar-refractivity contribution in [2.75, 3.05) is 5.32 Å².